The molecule has 1 atom stereocenters. The summed E-state index contributed by atoms with van der Waals surface area (Å²) in [6.45, 7) is 3.00. The van der Waals surface area contributed by atoms with E-state index in [0.717, 1.165) is 19.6 Å². The van der Waals surface area contributed by atoms with Gasteiger partial charge in [-0.2, -0.15) is 0 Å². The largest absolute Gasteiger partial charge is 0.370 e. The Hall–Kier alpha value is -1.55. The fraction of sp³-hybridized carbons (Fsp3) is 0.562. The van der Waals surface area contributed by atoms with Crippen LogP contribution in [0.3, 0.4) is 0 Å². The molecule has 0 spiro atoms. The third-order valence-electron chi connectivity index (χ3n) is 4.11. The van der Waals surface area contributed by atoms with Crippen molar-refractivity contribution in [1.82, 2.24) is 10.2 Å². The summed E-state index contributed by atoms with van der Waals surface area (Å²) in [5.74, 6) is 0.118. The Morgan fingerprint density at radius 3 is 2.85 bits per heavy atom. The highest BCUT2D eigenvalue weighted by Crippen LogP contribution is 2.21. The second-order valence-electron chi connectivity index (χ2n) is 5.48. The number of rotatable bonds is 5. The van der Waals surface area contributed by atoms with E-state index in [4.69, 9.17) is 0 Å². The molecule has 4 nitrogen and oxygen atoms in total. The van der Waals surface area contributed by atoms with Gasteiger partial charge in [-0.1, -0.05) is 18.2 Å². The summed E-state index contributed by atoms with van der Waals surface area (Å²) in [4.78, 5) is 16.1. The van der Waals surface area contributed by atoms with Crippen LogP contribution in [0.2, 0.25) is 0 Å². The number of nitrogens with one attached hydrogen (secondary N) is 1. The van der Waals surface area contributed by atoms with Crippen LogP contribution in [0.1, 0.15) is 19.3 Å². The van der Waals surface area contributed by atoms with Crippen LogP contribution >= 0.6 is 0 Å². The van der Waals surface area contributed by atoms with Crippen LogP contribution in [-0.2, 0) is 4.79 Å². The molecule has 110 valence electrons. The van der Waals surface area contributed by atoms with Crippen LogP contribution < -0.4 is 10.2 Å². The molecule has 1 heterocycles. The minimum atomic E-state index is 0.118. The Balaban J connectivity index is 1.88. The zero-order valence-electron chi connectivity index (χ0n) is 12.5. The normalized spacial score (nSPS) is 19.1. The highest BCUT2D eigenvalue weighted by atomic mass is 16.1. The highest BCUT2D eigenvalue weighted by molar-refractivity contribution is 5.75. The molecular weight excluding hydrogens is 250 g/mol. The van der Waals surface area contributed by atoms with Crippen molar-refractivity contribution in [2.45, 2.75) is 25.3 Å². The maximum atomic E-state index is 11.3. The molecule has 1 aromatic rings. The number of likely N-dealkylation sites (N-methyl/N-ethyl adjacent to an activating group) is 1. The lowest BCUT2D eigenvalue weighted by Crippen LogP contribution is -2.47. The molecule has 1 aliphatic rings. The van der Waals surface area contributed by atoms with Crippen molar-refractivity contribution in [3.8, 4) is 0 Å². The third-order valence-corrected chi connectivity index (χ3v) is 4.11. The van der Waals surface area contributed by atoms with Crippen molar-refractivity contribution in [3.63, 3.8) is 0 Å². The standard InChI is InChI=1S/C16H25N3O/c1-17-16(20)10-12-18(2)15-9-6-11-19(13-15)14-7-4-3-5-8-14/h3-5,7-8,15H,6,9-13H2,1-2H3,(H,17,20)/t15-/m0/s1. The predicted molar refractivity (Wildman–Crippen MR) is 83.0 cm³/mol. The van der Waals surface area contributed by atoms with Crippen LogP contribution in [0.25, 0.3) is 0 Å². The van der Waals surface area contributed by atoms with E-state index < -0.39 is 0 Å². The second kappa shape index (κ2) is 7.29. The van der Waals surface area contributed by atoms with Crippen molar-refractivity contribution in [2.24, 2.45) is 0 Å². The number of para-hydroxylation sites is 1. The Labute approximate surface area is 121 Å². The Morgan fingerprint density at radius 1 is 1.40 bits per heavy atom. The van der Waals surface area contributed by atoms with Gasteiger partial charge in [0.25, 0.3) is 0 Å². The van der Waals surface area contributed by atoms with Gasteiger partial charge in [0.2, 0.25) is 5.91 Å². The molecule has 1 aromatic carbocycles. The fourth-order valence-corrected chi connectivity index (χ4v) is 2.77. The summed E-state index contributed by atoms with van der Waals surface area (Å²) < 4.78 is 0. The average molecular weight is 275 g/mol. The van der Waals surface area contributed by atoms with Crippen LogP contribution in [0.15, 0.2) is 30.3 Å². The summed E-state index contributed by atoms with van der Waals surface area (Å²) in [5.41, 5.74) is 1.30. The van der Waals surface area contributed by atoms with E-state index in [1.165, 1.54) is 18.5 Å². The van der Waals surface area contributed by atoms with Crippen LogP contribution in [0.5, 0.6) is 0 Å². The molecule has 20 heavy (non-hydrogen) atoms. The minimum Gasteiger partial charge on any atom is -0.370 e. The summed E-state index contributed by atoms with van der Waals surface area (Å²) >= 11 is 0. The predicted octanol–water partition coefficient (Wildman–Crippen LogP) is 1.72. The van der Waals surface area contributed by atoms with Crippen molar-refractivity contribution >= 4 is 11.6 Å². The number of piperidine rings is 1. The molecule has 1 aliphatic heterocycles. The van der Waals surface area contributed by atoms with Crippen molar-refractivity contribution in [1.29, 1.82) is 0 Å². The molecule has 0 aromatic heterocycles. The second-order valence-corrected chi connectivity index (χ2v) is 5.48. The van der Waals surface area contributed by atoms with E-state index in [1.807, 2.05) is 0 Å². The molecule has 0 bridgehead atoms. The number of anilines is 1. The summed E-state index contributed by atoms with van der Waals surface area (Å²) in [5, 5.41) is 2.68. The molecule has 2 rings (SSSR count). The van der Waals surface area contributed by atoms with Crippen molar-refractivity contribution < 1.29 is 4.79 Å². The van der Waals surface area contributed by atoms with Gasteiger partial charge in [-0.3, -0.25) is 4.79 Å². The fourth-order valence-electron chi connectivity index (χ4n) is 2.77. The minimum absolute atomic E-state index is 0.118. The summed E-state index contributed by atoms with van der Waals surface area (Å²) in [7, 11) is 3.82. The van der Waals surface area contributed by atoms with Crippen LogP contribution in [-0.4, -0.2) is 50.6 Å². The van der Waals surface area contributed by atoms with Gasteiger partial charge in [-0.25, -0.2) is 0 Å². The molecule has 0 unspecified atom stereocenters. The first kappa shape index (κ1) is 14.9. The smallest absolute Gasteiger partial charge is 0.221 e. The van der Waals surface area contributed by atoms with E-state index in [9.17, 15) is 4.79 Å². The van der Waals surface area contributed by atoms with E-state index in [2.05, 4.69) is 52.5 Å². The van der Waals surface area contributed by atoms with Gasteiger partial charge in [-0.15, -0.1) is 0 Å². The highest BCUT2D eigenvalue weighted by Gasteiger charge is 2.23. The molecule has 0 saturated carbocycles. The monoisotopic (exact) mass is 275 g/mol. The van der Waals surface area contributed by atoms with E-state index >= 15 is 0 Å². The lowest BCUT2D eigenvalue weighted by atomic mass is 10.0. The molecule has 0 aliphatic carbocycles. The van der Waals surface area contributed by atoms with Gasteiger partial charge < -0.3 is 15.1 Å². The first-order valence-electron chi connectivity index (χ1n) is 7.41. The zero-order chi connectivity index (χ0) is 14.4. The molecule has 1 saturated heterocycles. The first-order chi connectivity index (χ1) is 9.70. The van der Waals surface area contributed by atoms with Gasteiger partial charge in [0, 0.05) is 44.8 Å². The van der Waals surface area contributed by atoms with E-state index in [1.54, 1.807) is 7.05 Å². The maximum absolute atomic E-state index is 11.3. The van der Waals surface area contributed by atoms with Crippen LogP contribution in [0, 0.1) is 0 Å². The van der Waals surface area contributed by atoms with E-state index in [-0.39, 0.29) is 5.91 Å². The number of hydrogen-bond donors (Lipinski definition) is 1. The van der Waals surface area contributed by atoms with Crippen molar-refractivity contribution in [2.75, 3.05) is 38.6 Å². The Kier molecular flexibility index (Phi) is 5.41. The lowest BCUT2D eigenvalue weighted by Gasteiger charge is -2.38. The number of benzene rings is 1. The summed E-state index contributed by atoms with van der Waals surface area (Å²) in [6, 6.07) is 11.1. The SMILES string of the molecule is CNC(=O)CCN(C)[C@H]1CCCN(c2ccccc2)C1. The topological polar surface area (TPSA) is 35.6 Å². The first-order valence-corrected chi connectivity index (χ1v) is 7.41. The zero-order valence-corrected chi connectivity index (χ0v) is 12.5. The van der Waals surface area contributed by atoms with Gasteiger partial charge >= 0.3 is 0 Å². The number of carbonyl (C=O) groups is 1. The average Bonchev–Trinajstić information content (AvgIpc) is 2.53. The Morgan fingerprint density at radius 2 is 2.15 bits per heavy atom. The number of carbonyl (C=O) groups excluding carboxylic acids is 1. The molecule has 0 radical (unpaired) electrons. The number of hydrogen-bond acceptors (Lipinski definition) is 3. The molecule has 1 fully saturated rings. The lowest BCUT2D eigenvalue weighted by molar-refractivity contribution is -0.121. The molecule has 1 N–H and O–H groups in total. The Bertz CT molecular complexity index is 421. The van der Waals surface area contributed by atoms with Gasteiger partial charge in [-0.05, 0) is 32.0 Å². The number of amides is 1. The third kappa shape index (κ3) is 3.97. The maximum Gasteiger partial charge on any atom is 0.221 e. The number of nitrogens with zero attached hydrogens (tertiary/aromatic N) is 2. The molecular formula is C16H25N3O. The van der Waals surface area contributed by atoms with Gasteiger partial charge in [0.1, 0.15) is 0 Å². The van der Waals surface area contributed by atoms with Crippen LogP contribution in [0.4, 0.5) is 5.69 Å². The van der Waals surface area contributed by atoms with Gasteiger partial charge in [0.15, 0.2) is 0 Å². The summed E-state index contributed by atoms with van der Waals surface area (Å²) in [6.07, 6.45) is 3.01. The quantitative estimate of drug-likeness (QED) is 0.889. The molecule has 1 amide bonds. The van der Waals surface area contributed by atoms with Crippen molar-refractivity contribution in [3.05, 3.63) is 30.3 Å². The van der Waals surface area contributed by atoms with E-state index in [0.29, 0.717) is 12.5 Å². The molecule has 4 heteroatoms. The van der Waals surface area contributed by atoms with Gasteiger partial charge in [0.05, 0.1) is 0 Å².